The number of thiophene rings is 1. The van der Waals surface area contributed by atoms with Crippen molar-refractivity contribution in [3.05, 3.63) is 56.4 Å². The molecule has 2 rings (SSSR count). The maximum Gasteiger partial charge on any atom is 0.261 e. The van der Waals surface area contributed by atoms with Crippen LogP contribution < -0.4 is 10.6 Å². The SMILES string of the molecule is O=C(CCc1ccc(Br)cc1F)NCCCNC(=O)c1cccs1. The Morgan fingerprint density at radius 1 is 1.17 bits per heavy atom. The second-order valence-corrected chi connectivity index (χ2v) is 7.04. The minimum atomic E-state index is -0.312. The first-order chi connectivity index (χ1) is 11.6. The summed E-state index contributed by atoms with van der Waals surface area (Å²) >= 11 is 4.59. The second-order valence-electron chi connectivity index (χ2n) is 5.17. The Morgan fingerprint density at radius 3 is 2.67 bits per heavy atom. The molecule has 1 heterocycles. The quantitative estimate of drug-likeness (QED) is 0.651. The summed E-state index contributed by atoms with van der Waals surface area (Å²) < 4.78 is 14.3. The Labute approximate surface area is 152 Å². The van der Waals surface area contributed by atoms with E-state index in [1.807, 2.05) is 11.4 Å². The Morgan fingerprint density at radius 2 is 1.96 bits per heavy atom. The van der Waals surface area contributed by atoms with Crippen molar-refractivity contribution < 1.29 is 14.0 Å². The van der Waals surface area contributed by atoms with Crippen LogP contribution in [0.3, 0.4) is 0 Å². The fourth-order valence-electron chi connectivity index (χ4n) is 2.07. The van der Waals surface area contributed by atoms with Crippen molar-refractivity contribution in [1.29, 1.82) is 0 Å². The van der Waals surface area contributed by atoms with E-state index in [1.54, 1.807) is 18.2 Å². The molecule has 1 aromatic carbocycles. The van der Waals surface area contributed by atoms with E-state index >= 15 is 0 Å². The van der Waals surface area contributed by atoms with Gasteiger partial charge in [0.05, 0.1) is 4.88 Å². The molecular formula is C17H18BrFN2O2S. The smallest absolute Gasteiger partial charge is 0.261 e. The molecule has 1 aromatic heterocycles. The van der Waals surface area contributed by atoms with Gasteiger partial charge in [-0.25, -0.2) is 4.39 Å². The highest BCUT2D eigenvalue weighted by molar-refractivity contribution is 9.10. The molecule has 0 aliphatic heterocycles. The van der Waals surface area contributed by atoms with Crippen LogP contribution >= 0.6 is 27.3 Å². The van der Waals surface area contributed by atoms with E-state index in [-0.39, 0.29) is 24.1 Å². The van der Waals surface area contributed by atoms with E-state index in [4.69, 9.17) is 0 Å². The summed E-state index contributed by atoms with van der Waals surface area (Å²) in [5.41, 5.74) is 0.525. The third-order valence-corrected chi connectivity index (χ3v) is 4.70. The summed E-state index contributed by atoms with van der Waals surface area (Å²) in [6, 6.07) is 8.42. The van der Waals surface area contributed by atoms with E-state index in [0.717, 1.165) is 0 Å². The molecule has 7 heteroatoms. The lowest BCUT2D eigenvalue weighted by molar-refractivity contribution is -0.121. The molecule has 0 bridgehead atoms. The van der Waals surface area contributed by atoms with Gasteiger partial charge < -0.3 is 10.6 Å². The Hall–Kier alpha value is -1.73. The zero-order valence-corrected chi connectivity index (χ0v) is 15.4. The largest absolute Gasteiger partial charge is 0.356 e. The minimum Gasteiger partial charge on any atom is -0.356 e. The Balaban J connectivity index is 1.59. The Kier molecular flexibility index (Phi) is 7.39. The number of carbonyl (C=O) groups is 2. The van der Waals surface area contributed by atoms with Gasteiger partial charge in [0, 0.05) is 24.0 Å². The van der Waals surface area contributed by atoms with Gasteiger partial charge in [-0.2, -0.15) is 0 Å². The van der Waals surface area contributed by atoms with Gasteiger partial charge in [0.15, 0.2) is 0 Å². The molecule has 0 atom stereocenters. The highest BCUT2D eigenvalue weighted by Crippen LogP contribution is 2.16. The van der Waals surface area contributed by atoms with Gasteiger partial charge in [-0.1, -0.05) is 28.1 Å². The van der Waals surface area contributed by atoms with Gasteiger partial charge in [0.2, 0.25) is 5.91 Å². The first kappa shape index (κ1) is 18.6. The number of rotatable bonds is 8. The maximum atomic E-state index is 13.6. The summed E-state index contributed by atoms with van der Waals surface area (Å²) in [5, 5.41) is 7.42. The zero-order valence-electron chi connectivity index (χ0n) is 13.0. The summed E-state index contributed by atoms with van der Waals surface area (Å²) in [4.78, 5) is 24.1. The van der Waals surface area contributed by atoms with E-state index in [0.29, 0.717) is 40.8 Å². The molecule has 0 saturated carbocycles. The fraction of sp³-hybridized carbons (Fsp3) is 0.294. The predicted molar refractivity (Wildman–Crippen MR) is 96.7 cm³/mol. The van der Waals surface area contributed by atoms with Crippen LogP contribution in [0.2, 0.25) is 0 Å². The van der Waals surface area contributed by atoms with Crippen molar-refractivity contribution in [2.45, 2.75) is 19.3 Å². The van der Waals surface area contributed by atoms with Crippen molar-refractivity contribution in [2.75, 3.05) is 13.1 Å². The lowest BCUT2D eigenvalue weighted by Crippen LogP contribution is -2.29. The number of hydrogen-bond donors (Lipinski definition) is 2. The fourth-order valence-corrected chi connectivity index (χ4v) is 3.05. The molecule has 2 aromatic rings. The molecule has 0 spiro atoms. The van der Waals surface area contributed by atoms with Gasteiger partial charge in [-0.15, -0.1) is 11.3 Å². The number of nitrogens with one attached hydrogen (secondary N) is 2. The molecule has 0 radical (unpaired) electrons. The normalized spacial score (nSPS) is 10.4. The summed E-state index contributed by atoms with van der Waals surface area (Å²) in [6.07, 6.45) is 1.25. The Bertz CT molecular complexity index is 692. The van der Waals surface area contributed by atoms with Crippen molar-refractivity contribution in [2.24, 2.45) is 0 Å². The van der Waals surface area contributed by atoms with Crippen LogP contribution in [0.25, 0.3) is 0 Å². The first-order valence-corrected chi connectivity index (χ1v) is 9.26. The van der Waals surface area contributed by atoms with Crippen LogP contribution in [0.5, 0.6) is 0 Å². The molecular weight excluding hydrogens is 395 g/mol. The van der Waals surface area contributed by atoms with Crippen LogP contribution in [0, 0.1) is 5.82 Å². The number of carbonyl (C=O) groups excluding carboxylic acids is 2. The lowest BCUT2D eigenvalue weighted by Gasteiger charge is -2.07. The van der Waals surface area contributed by atoms with Crippen LogP contribution in [0.15, 0.2) is 40.2 Å². The number of benzene rings is 1. The summed E-state index contributed by atoms with van der Waals surface area (Å²) in [5.74, 6) is -0.530. The van der Waals surface area contributed by atoms with Crippen molar-refractivity contribution >= 4 is 39.1 Å². The van der Waals surface area contributed by atoms with E-state index in [9.17, 15) is 14.0 Å². The molecule has 128 valence electrons. The van der Waals surface area contributed by atoms with Gasteiger partial charge in [-0.3, -0.25) is 9.59 Å². The molecule has 2 N–H and O–H groups in total. The number of halogens is 2. The number of aryl methyl sites for hydroxylation is 1. The predicted octanol–water partition coefficient (Wildman–Crippen LogP) is 3.52. The third kappa shape index (κ3) is 6.05. The topological polar surface area (TPSA) is 58.2 Å². The average Bonchev–Trinajstić information content (AvgIpc) is 3.08. The molecule has 0 aliphatic carbocycles. The second kappa shape index (κ2) is 9.54. The van der Waals surface area contributed by atoms with E-state index in [1.165, 1.54) is 17.4 Å². The van der Waals surface area contributed by atoms with E-state index in [2.05, 4.69) is 26.6 Å². The molecule has 0 saturated heterocycles. The van der Waals surface area contributed by atoms with Gasteiger partial charge in [0.25, 0.3) is 5.91 Å². The summed E-state index contributed by atoms with van der Waals surface area (Å²) in [7, 11) is 0. The number of hydrogen-bond acceptors (Lipinski definition) is 3. The maximum absolute atomic E-state index is 13.6. The molecule has 0 unspecified atom stereocenters. The zero-order chi connectivity index (χ0) is 17.4. The van der Waals surface area contributed by atoms with Crippen LogP contribution in [0.4, 0.5) is 4.39 Å². The lowest BCUT2D eigenvalue weighted by atomic mass is 10.1. The molecule has 0 fully saturated rings. The molecule has 24 heavy (non-hydrogen) atoms. The van der Waals surface area contributed by atoms with Crippen LogP contribution in [-0.4, -0.2) is 24.9 Å². The monoisotopic (exact) mass is 412 g/mol. The van der Waals surface area contributed by atoms with Crippen molar-refractivity contribution in [3.8, 4) is 0 Å². The molecule has 4 nitrogen and oxygen atoms in total. The number of amides is 2. The third-order valence-electron chi connectivity index (χ3n) is 3.34. The molecule has 2 amide bonds. The minimum absolute atomic E-state index is 0.0953. The van der Waals surface area contributed by atoms with Gasteiger partial charge in [-0.05, 0) is 42.0 Å². The highest BCUT2D eigenvalue weighted by Gasteiger charge is 2.07. The standard InChI is InChI=1S/C17H18BrFN2O2S/c18-13-6-4-12(14(19)11-13)5-7-16(22)20-8-2-9-21-17(23)15-3-1-10-24-15/h1,3-4,6,10-11H,2,5,7-9H2,(H,20,22)(H,21,23). The van der Waals surface area contributed by atoms with Crippen molar-refractivity contribution in [3.63, 3.8) is 0 Å². The van der Waals surface area contributed by atoms with E-state index < -0.39 is 0 Å². The van der Waals surface area contributed by atoms with Gasteiger partial charge >= 0.3 is 0 Å². The highest BCUT2D eigenvalue weighted by atomic mass is 79.9. The average molecular weight is 413 g/mol. The van der Waals surface area contributed by atoms with Crippen LogP contribution in [0.1, 0.15) is 28.1 Å². The summed E-state index contributed by atoms with van der Waals surface area (Å²) in [6.45, 7) is 0.977. The van der Waals surface area contributed by atoms with Crippen molar-refractivity contribution in [1.82, 2.24) is 10.6 Å². The van der Waals surface area contributed by atoms with Gasteiger partial charge in [0.1, 0.15) is 5.82 Å². The molecule has 0 aliphatic rings. The first-order valence-electron chi connectivity index (χ1n) is 7.58. The van der Waals surface area contributed by atoms with Crippen LogP contribution in [-0.2, 0) is 11.2 Å².